The number of carbonyl (C=O) groups is 1. The Morgan fingerprint density at radius 1 is 1.26 bits per heavy atom. The lowest BCUT2D eigenvalue weighted by atomic mass is 9.90. The van der Waals surface area contributed by atoms with E-state index < -0.39 is 0 Å². The summed E-state index contributed by atoms with van der Waals surface area (Å²) in [7, 11) is 1.72. The van der Waals surface area contributed by atoms with Gasteiger partial charge in [0.1, 0.15) is 11.9 Å². The summed E-state index contributed by atoms with van der Waals surface area (Å²) in [4.78, 5) is 16.2. The van der Waals surface area contributed by atoms with Gasteiger partial charge in [-0.15, -0.1) is 0 Å². The maximum atomic E-state index is 11.8. The van der Waals surface area contributed by atoms with E-state index in [1.54, 1.807) is 7.11 Å². The van der Waals surface area contributed by atoms with Crippen molar-refractivity contribution in [1.29, 1.82) is 0 Å². The lowest BCUT2D eigenvalue weighted by Crippen LogP contribution is -2.36. The van der Waals surface area contributed by atoms with E-state index in [4.69, 9.17) is 9.47 Å². The number of rotatable bonds is 8. The highest BCUT2D eigenvalue weighted by Gasteiger charge is 2.31. The highest BCUT2D eigenvalue weighted by molar-refractivity contribution is 9.10. The van der Waals surface area contributed by atoms with Crippen LogP contribution in [-0.4, -0.2) is 61.8 Å². The second-order valence-electron chi connectivity index (χ2n) is 7.69. The first-order valence-electron chi connectivity index (χ1n) is 10.1. The molecule has 1 amide bonds. The lowest BCUT2D eigenvalue weighted by molar-refractivity contribution is 0.113. The smallest absolute Gasteiger partial charge is 0.410 e. The molecule has 0 saturated carbocycles. The van der Waals surface area contributed by atoms with Gasteiger partial charge >= 0.3 is 6.09 Å². The first-order valence-corrected chi connectivity index (χ1v) is 10.9. The van der Waals surface area contributed by atoms with E-state index >= 15 is 0 Å². The number of likely N-dealkylation sites (tertiary alicyclic amines) is 1. The monoisotopic (exact) mass is 438 g/mol. The van der Waals surface area contributed by atoms with Crippen LogP contribution in [0, 0.1) is 5.92 Å². The number of hydrogen-bond donors (Lipinski definition) is 0. The molecule has 0 spiro atoms. The predicted octanol–water partition coefficient (Wildman–Crippen LogP) is 4.33. The summed E-state index contributed by atoms with van der Waals surface area (Å²) in [5.74, 6) is 1.64. The zero-order chi connectivity index (χ0) is 19.2. The van der Waals surface area contributed by atoms with Gasteiger partial charge in [-0.05, 0) is 74.9 Å². The molecular weight excluding hydrogens is 408 g/mol. The summed E-state index contributed by atoms with van der Waals surface area (Å²) in [5.41, 5.74) is 1.33. The van der Waals surface area contributed by atoms with Gasteiger partial charge in [-0.3, -0.25) is 0 Å². The van der Waals surface area contributed by atoms with Crippen LogP contribution in [0.25, 0.3) is 0 Å². The third-order valence-electron chi connectivity index (χ3n) is 5.68. The molecule has 0 bridgehead atoms. The number of hydrogen-bond acceptors (Lipinski definition) is 4. The van der Waals surface area contributed by atoms with Crippen LogP contribution in [0.5, 0.6) is 5.75 Å². The second-order valence-corrected chi connectivity index (χ2v) is 8.54. The molecule has 5 nitrogen and oxygen atoms in total. The summed E-state index contributed by atoms with van der Waals surface area (Å²) in [6.07, 6.45) is 5.39. The third kappa shape index (κ3) is 5.61. The Bertz CT molecular complexity index is 632. The molecular formula is C21H31BrN2O3. The molecule has 2 aliphatic rings. The number of methoxy groups -OCH3 is 1. The van der Waals surface area contributed by atoms with Crippen molar-refractivity contribution in [2.75, 3.05) is 39.8 Å². The topological polar surface area (TPSA) is 42.0 Å². The van der Waals surface area contributed by atoms with Crippen molar-refractivity contribution in [1.82, 2.24) is 9.80 Å². The number of halogens is 1. The maximum Gasteiger partial charge on any atom is 0.410 e. The number of nitrogens with zero attached hydrogens (tertiary/aromatic N) is 2. The average Bonchev–Trinajstić information content (AvgIpc) is 3.03. The van der Waals surface area contributed by atoms with Crippen molar-refractivity contribution in [3.63, 3.8) is 0 Å². The van der Waals surface area contributed by atoms with E-state index in [0.717, 1.165) is 57.7 Å². The molecule has 1 aromatic rings. The van der Waals surface area contributed by atoms with E-state index in [0.29, 0.717) is 5.92 Å². The molecule has 3 rings (SSSR count). The average molecular weight is 439 g/mol. The summed E-state index contributed by atoms with van der Waals surface area (Å²) >= 11 is 3.67. The molecule has 2 heterocycles. The van der Waals surface area contributed by atoms with Gasteiger partial charge in [0.25, 0.3) is 0 Å². The maximum absolute atomic E-state index is 11.8. The minimum atomic E-state index is -0.135. The molecule has 2 fully saturated rings. The largest absolute Gasteiger partial charge is 0.497 e. The van der Waals surface area contributed by atoms with Gasteiger partial charge in [-0.25, -0.2) is 4.79 Å². The number of piperidine rings is 1. The number of carbonyl (C=O) groups excluding carboxylic acids is 1. The molecule has 2 saturated heterocycles. The van der Waals surface area contributed by atoms with E-state index in [1.807, 2.05) is 11.0 Å². The molecule has 0 N–H and O–H groups in total. The third-order valence-corrected chi connectivity index (χ3v) is 6.45. The second kappa shape index (κ2) is 9.78. The van der Waals surface area contributed by atoms with E-state index in [-0.39, 0.29) is 12.2 Å². The Labute approximate surface area is 171 Å². The van der Waals surface area contributed by atoms with Crippen LogP contribution in [0.4, 0.5) is 4.79 Å². The molecule has 1 aromatic carbocycles. The first-order chi connectivity index (χ1) is 13.1. The van der Waals surface area contributed by atoms with Crippen LogP contribution in [0.15, 0.2) is 22.7 Å². The van der Waals surface area contributed by atoms with Gasteiger partial charge < -0.3 is 19.3 Å². The summed E-state index contributed by atoms with van der Waals surface area (Å²) in [6.45, 7) is 6.94. The summed E-state index contributed by atoms with van der Waals surface area (Å²) < 4.78 is 12.0. The Balaban J connectivity index is 1.40. The molecule has 0 aliphatic carbocycles. The lowest BCUT2D eigenvalue weighted by Gasteiger charge is -2.32. The standard InChI is InChI=1S/C21H31BrN2O3/c1-3-9-24-15-19(27-21(24)25)8-12-23-10-6-16(7-11-23)13-17-14-18(26-2)4-5-20(17)22/h4-5,14,16,19H,3,6-13,15H2,1-2H3. The number of amides is 1. The van der Waals surface area contributed by atoms with Crippen LogP contribution >= 0.6 is 15.9 Å². The van der Waals surface area contributed by atoms with Crippen molar-refractivity contribution in [2.45, 2.75) is 45.1 Å². The fraction of sp³-hybridized carbons (Fsp3) is 0.667. The number of benzene rings is 1. The Hall–Kier alpha value is -1.27. The van der Waals surface area contributed by atoms with Gasteiger partial charge in [-0.2, -0.15) is 0 Å². The Morgan fingerprint density at radius 2 is 2.04 bits per heavy atom. The van der Waals surface area contributed by atoms with Crippen LogP contribution in [-0.2, 0) is 11.2 Å². The van der Waals surface area contributed by atoms with Crippen LogP contribution in [0.2, 0.25) is 0 Å². The summed E-state index contributed by atoms with van der Waals surface area (Å²) in [5, 5.41) is 0. The van der Waals surface area contributed by atoms with Gasteiger partial charge in [0.05, 0.1) is 13.7 Å². The fourth-order valence-electron chi connectivity index (χ4n) is 4.06. The Morgan fingerprint density at radius 3 is 2.74 bits per heavy atom. The zero-order valence-corrected chi connectivity index (χ0v) is 18.0. The van der Waals surface area contributed by atoms with Gasteiger partial charge in [-0.1, -0.05) is 22.9 Å². The normalized spacial score (nSPS) is 21.5. The number of ether oxygens (including phenoxy) is 2. The summed E-state index contributed by atoms with van der Waals surface area (Å²) in [6, 6.07) is 6.22. The van der Waals surface area contributed by atoms with Crippen LogP contribution in [0.3, 0.4) is 0 Å². The number of cyclic esters (lactones) is 1. The molecule has 0 radical (unpaired) electrons. The quantitative estimate of drug-likeness (QED) is 0.605. The Kier molecular flexibility index (Phi) is 7.41. The molecule has 0 aromatic heterocycles. The zero-order valence-electron chi connectivity index (χ0n) is 16.5. The van der Waals surface area contributed by atoms with Crippen molar-refractivity contribution >= 4 is 22.0 Å². The van der Waals surface area contributed by atoms with Crippen LogP contribution < -0.4 is 4.74 Å². The van der Waals surface area contributed by atoms with Gasteiger partial charge in [0, 0.05) is 17.6 Å². The minimum absolute atomic E-state index is 0.0644. The van der Waals surface area contributed by atoms with E-state index in [9.17, 15) is 4.79 Å². The first kappa shape index (κ1) is 20.5. The molecule has 1 atom stereocenters. The predicted molar refractivity (Wildman–Crippen MR) is 110 cm³/mol. The van der Waals surface area contributed by atoms with Gasteiger partial charge in [0.15, 0.2) is 0 Å². The molecule has 150 valence electrons. The molecule has 6 heteroatoms. The van der Waals surface area contributed by atoms with Crippen molar-refractivity contribution in [2.24, 2.45) is 5.92 Å². The minimum Gasteiger partial charge on any atom is -0.497 e. The molecule has 2 aliphatic heterocycles. The SMILES string of the molecule is CCCN1CC(CCN2CCC(Cc3cc(OC)ccc3Br)CC2)OC1=O. The molecule has 1 unspecified atom stereocenters. The highest BCUT2D eigenvalue weighted by Crippen LogP contribution is 2.29. The fourth-order valence-corrected chi connectivity index (χ4v) is 4.47. The molecule has 27 heavy (non-hydrogen) atoms. The van der Waals surface area contributed by atoms with Gasteiger partial charge in [0.2, 0.25) is 0 Å². The van der Waals surface area contributed by atoms with E-state index in [1.165, 1.54) is 22.9 Å². The van der Waals surface area contributed by atoms with Crippen molar-refractivity contribution in [3.05, 3.63) is 28.2 Å². The van der Waals surface area contributed by atoms with Crippen LogP contribution in [0.1, 0.15) is 38.2 Å². The highest BCUT2D eigenvalue weighted by atomic mass is 79.9. The van der Waals surface area contributed by atoms with E-state index in [2.05, 4.69) is 39.9 Å². The van der Waals surface area contributed by atoms with Crippen molar-refractivity contribution < 1.29 is 14.3 Å². The van der Waals surface area contributed by atoms with Crippen molar-refractivity contribution in [3.8, 4) is 5.75 Å².